The Bertz CT molecular complexity index is 1380. The van der Waals surface area contributed by atoms with Crippen molar-refractivity contribution in [1.29, 1.82) is 0 Å². The van der Waals surface area contributed by atoms with E-state index in [2.05, 4.69) is 5.32 Å². The van der Waals surface area contributed by atoms with E-state index in [1.807, 2.05) is 80.6 Å². The fourth-order valence-corrected chi connectivity index (χ4v) is 4.04. The number of carbonyl (C=O) groups is 1. The van der Waals surface area contributed by atoms with Gasteiger partial charge in [0.2, 0.25) is 0 Å². The summed E-state index contributed by atoms with van der Waals surface area (Å²) in [6.45, 7) is 4.50. The summed E-state index contributed by atoms with van der Waals surface area (Å²) in [5, 5.41) is 7.88. The van der Waals surface area contributed by atoms with Crippen LogP contribution in [0.5, 0.6) is 17.2 Å². The van der Waals surface area contributed by atoms with Crippen molar-refractivity contribution in [2.24, 2.45) is 0 Å². The molecule has 3 aromatic carbocycles. The van der Waals surface area contributed by atoms with Gasteiger partial charge < -0.3 is 19.5 Å². The Labute approximate surface area is 211 Å². The summed E-state index contributed by atoms with van der Waals surface area (Å²) in [7, 11) is 4.85. The summed E-state index contributed by atoms with van der Waals surface area (Å²) in [5.74, 6) is 1.87. The van der Waals surface area contributed by atoms with E-state index in [0.29, 0.717) is 35.9 Å². The number of amides is 1. The van der Waals surface area contributed by atoms with Crippen molar-refractivity contribution >= 4 is 5.91 Å². The van der Waals surface area contributed by atoms with Gasteiger partial charge in [0.25, 0.3) is 5.91 Å². The van der Waals surface area contributed by atoms with E-state index >= 15 is 0 Å². The van der Waals surface area contributed by atoms with Gasteiger partial charge in [0.05, 0.1) is 32.7 Å². The van der Waals surface area contributed by atoms with Crippen LogP contribution >= 0.6 is 0 Å². The number of nitrogens with one attached hydrogen (secondary N) is 1. The molecule has 1 aromatic heterocycles. The molecule has 1 amide bonds. The second kappa shape index (κ2) is 11.0. The van der Waals surface area contributed by atoms with Crippen molar-refractivity contribution in [3.63, 3.8) is 0 Å². The van der Waals surface area contributed by atoms with E-state index in [4.69, 9.17) is 19.3 Å². The van der Waals surface area contributed by atoms with Crippen LogP contribution in [0.4, 0.5) is 0 Å². The van der Waals surface area contributed by atoms with Crippen molar-refractivity contribution < 1.29 is 19.0 Å². The molecule has 0 unspecified atom stereocenters. The Morgan fingerprint density at radius 3 is 2.44 bits per heavy atom. The zero-order chi connectivity index (χ0) is 25.7. The van der Waals surface area contributed by atoms with Gasteiger partial charge in [0.15, 0.2) is 11.5 Å². The van der Waals surface area contributed by atoms with Crippen molar-refractivity contribution in [3.8, 4) is 34.2 Å². The molecule has 0 aliphatic carbocycles. The Kier molecular flexibility index (Phi) is 7.59. The van der Waals surface area contributed by atoms with Crippen molar-refractivity contribution in [3.05, 3.63) is 89.1 Å². The first-order valence-corrected chi connectivity index (χ1v) is 11.7. The minimum absolute atomic E-state index is 0.196. The second-order valence-corrected chi connectivity index (χ2v) is 8.54. The van der Waals surface area contributed by atoms with Crippen LogP contribution in [0.15, 0.2) is 66.7 Å². The lowest BCUT2D eigenvalue weighted by molar-refractivity contribution is 0.0946. The fraction of sp³-hybridized carbons (Fsp3) is 0.241. The third kappa shape index (κ3) is 5.35. The highest BCUT2D eigenvalue weighted by Crippen LogP contribution is 2.28. The Hall–Kier alpha value is -4.26. The SMILES string of the molecule is COc1cccc(-c2cc(C(=O)NCCc3ccc(OC)c(OC)c3)n(-c3cc(C)ccc3C)n2)c1. The van der Waals surface area contributed by atoms with Gasteiger partial charge in [0, 0.05) is 12.1 Å². The molecule has 0 atom stereocenters. The summed E-state index contributed by atoms with van der Waals surface area (Å²) < 4.78 is 17.8. The molecule has 0 saturated heterocycles. The molecular weight excluding hydrogens is 454 g/mol. The quantitative estimate of drug-likeness (QED) is 0.355. The lowest BCUT2D eigenvalue weighted by Gasteiger charge is -2.12. The number of aryl methyl sites for hydroxylation is 2. The molecule has 4 rings (SSSR count). The molecule has 0 radical (unpaired) electrons. The van der Waals surface area contributed by atoms with Gasteiger partial charge in [-0.2, -0.15) is 5.10 Å². The predicted octanol–water partition coefficient (Wildman–Crippen LogP) is 5.15. The summed E-state index contributed by atoms with van der Waals surface area (Å²) in [4.78, 5) is 13.4. The average Bonchev–Trinajstić information content (AvgIpc) is 3.35. The highest BCUT2D eigenvalue weighted by Gasteiger charge is 2.19. The molecule has 7 heteroatoms. The Balaban J connectivity index is 1.62. The number of nitrogens with zero attached hydrogens (tertiary/aromatic N) is 2. The van der Waals surface area contributed by atoms with E-state index < -0.39 is 0 Å². The summed E-state index contributed by atoms with van der Waals surface area (Å²) in [5.41, 5.74) is 6.06. The lowest BCUT2D eigenvalue weighted by atomic mass is 10.1. The summed E-state index contributed by atoms with van der Waals surface area (Å²) >= 11 is 0. The standard InChI is InChI=1S/C29H31N3O4/c1-19-9-10-20(2)25(15-19)32-26(18-24(31-32)22-7-6-8-23(17-22)34-3)29(33)30-14-13-21-11-12-27(35-4)28(16-21)36-5/h6-12,15-18H,13-14H2,1-5H3,(H,30,33). The molecule has 0 aliphatic heterocycles. The number of benzene rings is 3. The van der Waals surface area contributed by atoms with E-state index in [1.165, 1.54) is 0 Å². The number of ether oxygens (including phenoxy) is 3. The van der Waals surface area contributed by atoms with Crippen LogP contribution in [0.3, 0.4) is 0 Å². The molecule has 1 N–H and O–H groups in total. The topological polar surface area (TPSA) is 74.6 Å². The molecule has 4 aromatic rings. The summed E-state index contributed by atoms with van der Waals surface area (Å²) in [6, 6.07) is 21.4. The number of carbonyl (C=O) groups excluding carboxylic acids is 1. The van der Waals surface area contributed by atoms with Gasteiger partial charge in [-0.15, -0.1) is 0 Å². The van der Waals surface area contributed by atoms with Crippen LogP contribution in [0, 0.1) is 13.8 Å². The molecule has 0 spiro atoms. The number of rotatable bonds is 9. The van der Waals surface area contributed by atoms with Gasteiger partial charge >= 0.3 is 0 Å². The largest absolute Gasteiger partial charge is 0.497 e. The number of hydrogen-bond donors (Lipinski definition) is 1. The Morgan fingerprint density at radius 1 is 0.889 bits per heavy atom. The van der Waals surface area contributed by atoms with E-state index in [-0.39, 0.29) is 5.91 Å². The van der Waals surface area contributed by atoms with Crippen LogP contribution in [-0.2, 0) is 6.42 Å². The maximum absolute atomic E-state index is 13.4. The zero-order valence-corrected chi connectivity index (χ0v) is 21.3. The lowest BCUT2D eigenvalue weighted by Crippen LogP contribution is -2.28. The first-order chi connectivity index (χ1) is 17.4. The highest BCUT2D eigenvalue weighted by molar-refractivity contribution is 5.94. The fourth-order valence-electron chi connectivity index (χ4n) is 4.04. The first-order valence-electron chi connectivity index (χ1n) is 11.7. The van der Waals surface area contributed by atoms with Crippen molar-refractivity contribution in [2.45, 2.75) is 20.3 Å². The number of aromatic nitrogens is 2. The average molecular weight is 486 g/mol. The van der Waals surface area contributed by atoms with Gasteiger partial charge in [-0.05, 0) is 73.4 Å². The molecule has 0 fully saturated rings. The van der Waals surface area contributed by atoms with E-state index in [9.17, 15) is 4.79 Å². The minimum Gasteiger partial charge on any atom is -0.497 e. The molecule has 0 bridgehead atoms. The molecule has 0 aliphatic rings. The molecular formula is C29H31N3O4. The first kappa shape index (κ1) is 24.9. The Morgan fingerprint density at radius 2 is 1.69 bits per heavy atom. The highest BCUT2D eigenvalue weighted by atomic mass is 16.5. The van der Waals surface area contributed by atoms with Crippen LogP contribution in [0.2, 0.25) is 0 Å². The van der Waals surface area contributed by atoms with Crippen molar-refractivity contribution in [2.75, 3.05) is 27.9 Å². The van der Waals surface area contributed by atoms with Crippen molar-refractivity contribution in [1.82, 2.24) is 15.1 Å². The van der Waals surface area contributed by atoms with Crippen LogP contribution in [0.1, 0.15) is 27.2 Å². The minimum atomic E-state index is -0.196. The van der Waals surface area contributed by atoms with Crippen LogP contribution in [0.25, 0.3) is 16.9 Å². The van der Waals surface area contributed by atoms with E-state index in [0.717, 1.165) is 33.7 Å². The van der Waals surface area contributed by atoms with Gasteiger partial charge in [-0.25, -0.2) is 4.68 Å². The van der Waals surface area contributed by atoms with Gasteiger partial charge in [-0.1, -0.05) is 30.3 Å². The van der Waals surface area contributed by atoms with E-state index in [1.54, 1.807) is 26.0 Å². The monoisotopic (exact) mass is 485 g/mol. The zero-order valence-electron chi connectivity index (χ0n) is 21.3. The normalized spacial score (nSPS) is 10.7. The maximum atomic E-state index is 13.4. The third-order valence-corrected chi connectivity index (χ3v) is 6.05. The van der Waals surface area contributed by atoms with Crippen LogP contribution < -0.4 is 19.5 Å². The van der Waals surface area contributed by atoms with Gasteiger partial charge in [-0.3, -0.25) is 4.79 Å². The molecule has 36 heavy (non-hydrogen) atoms. The molecule has 186 valence electrons. The van der Waals surface area contributed by atoms with Crippen LogP contribution in [-0.4, -0.2) is 43.6 Å². The predicted molar refractivity (Wildman–Crippen MR) is 141 cm³/mol. The second-order valence-electron chi connectivity index (χ2n) is 8.54. The number of methoxy groups -OCH3 is 3. The summed E-state index contributed by atoms with van der Waals surface area (Å²) in [6.07, 6.45) is 0.645. The van der Waals surface area contributed by atoms with Gasteiger partial charge in [0.1, 0.15) is 11.4 Å². The number of hydrogen-bond acceptors (Lipinski definition) is 5. The molecule has 1 heterocycles. The third-order valence-electron chi connectivity index (χ3n) is 6.05. The molecule has 0 saturated carbocycles. The molecule has 7 nitrogen and oxygen atoms in total. The smallest absolute Gasteiger partial charge is 0.270 e. The maximum Gasteiger partial charge on any atom is 0.270 e.